The lowest BCUT2D eigenvalue weighted by atomic mass is 10.0. The highest BCUT2D eigenvalue weighted by molar-refractivity contribution is 6.07. The van der Waals surface area contributed by atoms with Gasteiger partial charge in [-0.25, -0.2) is 9.50 Å². The molecule has 1 aliphatic rings. The average molecular weight is 307 g/mol. The number of benzene rings is 1. The normalized spacial score (nSPS) is 16.5. The Bertz CT molecular complexity index is 914. The molecule has 0 saturated heterocycles. The van der Waals surface area contributed by atoms with Crippen molar-refractivity contribution in [2.75, 3.05) is 5.32 Å². The molecule has 4 rings (SSSR count). The summed E-state index contributed by atoms with van der Waals surface area (Å²) < 4.78 is 1.66. The van der Waals surface area contributed by atoms with Crippen molar-refractivity contribution >= 4 is 17.2 Å². The molecular formula is C17H17N5O. The Balaban J connectivity index is 1.68. The highest BCUT2D eigenvalue weighted by Crippen LogP contribution is 2.32. The van der Waals surface area contributed by atoms with Crippen LogP contribution in [0.1, 0.15) is 39.5 Å². The van der Waals surface area contributed by atoms with Gasteiger partial charge in [0.25, 0.3) is 5.91 Å². The van der Waals surface area contributed by atoms with Gasteiger partial charge in [-0.1, -0.05) is 12.1 Å². The molecule has 2 heterocycles. The molecule has 0 aliphatic heterocycles. The summed E-state index contributed by atoms with van der Waals surface area (Å²) >= 11 is 0. The Kier molecular flexibility index (Phi) is 3.12. The average Bonchev–Trinajstić information content (AvgIpc) is 3.11. The maximum Gasteiger partial charge on any atom is 0.256 e. The minimum atomic E-state index is -0.145. The second kappa shape index (κ2) is 5.17. The fourth-order valence-electron chi connectivity index (χ4n) is 3.15. The summed E-state index contributed by atoms with van der Waals surface area (Å²) in [6.07, 6.45) is 6.97. The summed E-state index contributed by atoms with van der Waals surface area (Å²) in [6, 6.07) is 5.76. The monoisotopic (exact) mass is 307 g/mol. The summed E-state index contributed by atoms with van der Waals surface area (Å²) in [5.74, 6) is -0.145. The Morgan fingerprint density at radius 2 is 2.26 bits per heavy atom. The van der Waals surface area contributed by atoms with E-state index in [1.54, 1.807) is 16.9 Å². The van der Waals surface area contributed by atoms with Gasteiger partial charge in [-0.15, -0.1) is 0 Å². The quantitative estimate of drug-likeness (QED) is 0.760. The summed E-state index contributed by atoms with van der Waals surface area (Å²) in [5, 5.41) is 7.15. The minimum Gasteiger partial charge on any atom is -0.324 e. The number of amides is 1. The van der Waals surface area contributed by atoms with Crippen LogP contribution in [-0.2, 0) is 6.42 Å². The highest BCUT2D eigenvalue weighted by Gasteiger charge is 2.24. The third-order valence-electron chi connectivity index (χ3n) is 4.30. The van der Waals surface area contributed by atoms with Crippen molar-refractivity contribution in [2.45, 2.75) is 25.8 Å². The fourth-order valence-corrected chi connectivity index (χ4v) is 3.15. The first-order valence-corrected chi connectivity index (χ1v) is 7.62. The van der Waals surface area contributed by atoms with Crippen molar-refractivity contribution in [3.05, 3.63) is 59.0 Å². The zero-order valence-corrected chi connectivity index (χ0v) is 12.8. The predicted octanol–water partition coefficient (Wildman–Crippen LogP) is 2.24. The number of aromatic nitrogens is 3. The number of hydrogen-bond acceptors (Lipinski definition) is 4. The van der Waals surface area contributed by atoms with Crippen LogP contribution in [0, 0.1) is 6.92 Å². The number of anilines is 1. The van der Waals surface area contributed by atoms with E-state index >= 15 is 0 Å². The molecule has 1 aliphatic carbocycles. The second-order valence-electron chi connectivity index (χ2n) is 5.93. The molecule has 116 valence electrons. The van der Waals surface area contributed by atoms with Gasteiger partial charge in [0.15, 0.2) is 5.65 Å². The van der Waals surface area contributed by atoms with Crippen LogP contribution in [0.15, 0.2) is 36.8 Å². The molecule has 1 unspecified atom stereocenters. The number of carbonyl (C=O) groups is 1. The molecule has 23 heavy (non-hydrogen) atoms. The third kappa shape index (κ3) is 2.27. The molecule has 3 aromatic rings. The van der Waals surface area contributed by atoms with E-state index in [2.05, 4.69) is 15.4 Å². The molecule has 3 N–H and O–H groups in total. The van der Waals surface area contributed by atoms with E-state index < -0.39 is 0 Å². The van der Waals surface area contributed by atoms with Gasteiger partial charge in [-0.2, -0.15) is 5.10 Å². The van der Waals surface area contributed by atoms with E-state index in [0.717, 1.165) is 29.5 Å². The number of nitrogens with zero attached hydrogens (tertiary/aromatic N) is 3. The molecule has 0 saturated carbocycles. The van der Waals surface area contributed by atoms with Crippen LogP contribution in [-0.4, -0.2) is 20.5 Å². The van der Waals surface area contributed by atoms with Crippen LogP contribution in [0.2, 0.25) is 0 Å². The van der Waals surface area contributed by atoms with Gasteiger partial charge in [0, 0.05) is 24.0 Å². The Morgan fingerprint density at radius 3 is 3.13 bits per heavy atom. The zero-order valence-electron chi connectivity index (χ0n) is 12.8. The van der Waals surface area contributed by atoms with Gasteiger partial charge in [-0.05, 0) is 42.5 Å². The number of hydrogen-bond donors (Lipinski definition) is 2. The van der Waals surface area contributed by atoms with Gasteiger partial charge in [0.05, 0.1) is 6.20 Å². The van der Waals surface area contributed by atoms with Crippen LogP contribution in [0.3, 0.4) is 0 Å². The lowest BCUT2D eigenvalue weighted by molar-refractivity contribution is 0.102. The van der Waals surface area contributed by atoms with Crippen LogP contribution < -0.4 is 11.1 Å². The van der Waals surface area contributed by atoms with E-state index in [-0.39, 0.29) is 11.9 Å². The molecule has 6 heteroatoms. The molecule has 0 spiro atoms. The molecule has 0 radical (unpaired) electrons. The van der Waals surface area contributed by atoms with Gasteiger partial charge in [0.1, 0.15) is 5.69 Å². The SMILES string of the molecule is Cc1cnc2c(NC(=O)c3cccc4c3CCC4N)cnn2c1. The standard InChI is InChI=1S/C17H17N5O/c1-10-7-19-16-15(8-20-22(16)9-10)21-17(23)13-4-2-3-12-11(13)5-6-14(12)18/h2-4,7-9,14H,5-6,18H2,1H3,(H,21,23). The van der Waals surface area contributed by atoms with Crippen LogP contribution in [0.25, 0.3) is 5.65 Å². The smallest absolute Gasteiger partial charge is 0.256 e. The summed E-state index contributed by atoms with van der Waals surface area (Å²) in [4.78, 5) is 17.0. The largest absolute Gasteiger partial charge is 0.324 e. The van der Waals surface area contributed by atoms with Crippen molar-refractivity contribution in [1.29, 1.82) is 0 Å². The van der Waals surface area contributed by atoms with Crippen LogP contribution >= 0.6 is 0 Å². The van der Waals surface area contributed by atoms with E-state index in [1.165, 1.54) is 0 Å². The maximum atomic E-state index is 12.7. The number of nitrogens with one attached hydrogen (secondary N) is 1. The second-order valence-corrected chi connectivity index (χ2v) is 5.93. The molecule has 1 amide bonds. The minimum absolute atomic E-state index is 0.0272. The van der Waals surface area contributed by atoms with Crippen molar-refractivity contribution in [3.63, 3.8) is 0 Å². The lowest BCUT2D eigenvalue weighted by Gasteiger charge is -2.09. The number of aryl methyl sites for hydroxylation is 1. The molecule has 6 nitrogen and oxygen atoms in total. The third-order valence-corrected chi connectivity index (χ3v) is 4.30. The van der Waals surface area contributed by atoms with E-state index in [9.17, 15) is 4.79 Å². The van der Waals surface area contributed by atoms with Crippen LogP contribution in [0.4, 0.5) is 5.69 Å². The van der Waals surface area contributed by atoms with Gasteiger partial charge >= 0.3 is 0 Å². The van der Waals surface area contributed by atoms with E-state index in [0.29, 0.717) is 16.9 Å². The Morgan fingerprint density at radius 1 is 1.39 bits per heavy atom. The van der Waals surface area contributed by atoms with Crippen molar-refractivity contribution in [2.24, 2.45) is 5.73 Å². The lowest BCUT2D eigenvalue weighted by Crippen LogP contribution is -2.14. The first-order valence-electron chi connectivity index (χ1n) is 7.62. The Labute approximate surface area is 133 Å². The van der Waals surface area contributed by atoms with E-state index in [4.69, 9.17) is 5.73 Å². The molecule has 0 fully saturated rings. The fraction of sp³-hybridized carbons (Fsp3) is 0.235. The van der Waals surface area contributed by atoms with Crippen molar-refractivity contribution < 1.29 is 4.79 Å². The molecular weight excluding hydrogens is 290 g/mol. The topological polar surface area (TPSA) is 85.3 Å². The predicted molar refractivity (Wildman–Crippen MR) is 87.4 cm³/mol. The summed E-state index contributed by atoms with van der Waals surface area (Å²) in [7, 11) is 0. The number of carbonyl (C=O) groups excluding carboxylic acids is 1. The zero-order chi connectivity index (χ0) is 16.0. The van der Waals surface area contributed by atoms with Crippen molar-refractivity contribution in [3.8, 4) is 0 Å². The first-order chi connectivity index (χ1) is 11.1. The number of rotatable bonds is 2. The number of nitrogens with two attached hydrogens (primary N) is 1. The summed E-state index contributed by atoms with van der Waals surface area (Å²) in [5.41, 5.74) is 11.1. The van der Waals surface area contributed by atoms with Gasteiger partial charge in [0.2, 0.25) is 0 Å². The van der Waals surface area contributed by atoms with Gasteiger partial charge in [-0.3, -0.25) is 4.79 Å². The number of fused-ring (bicyclic) bond motifs is 2. The Hall–Kier alpha value is -2.73. The van der Waals surface area contributed by atoms with E-state index in [1.807, 2.05) is 31.3 Å². The molecule has 1 aromatic carbocycles. The summed E-state index contributed by atoms with van der Waals surface area (Å²) in [6.45, 7) is 1.95. The van der Waals surface area contributed by atoms with Crippen LogP contribution in [0.5, 0.6) is 0 Å². The molecule has 0 bridgehead atoms. The first kappa shape index (κ1) is 13.9. The molecule has 1 atom stereocenters. The highest BCUT2D eigenvalue weighted by atomic mass is 16.1. The van der Waals surface area contributed by atoms with Gasteiger partial charge < -0.3 is 11.1 Å². The van der Waals surface area contributed by atoms with Crippen molar-refractivity contribution in [1.82, 2.24) is 14.6 Å². The maximum absolute atomic E-state index is 12.7. The molecule has 2 aromatic heterocycles.